The second-order valence-corrected chi connectivity index (χ2v) is 7.54. The van der Waals surface area contributed by atoms with E-state index in [0.717, 1.165) is 36.4 Å². The van der Waals surface area contributed by atoms with Crippen molar-refractivity contribution in [3.8, 4) is 0 Å². The predicted molar refractivity (Wildman–Crippen MR) is 122 cm³/mol. The lowest BCUT2D eigenvalue weighted by Gasteiger charge is -2.20. The van der Waals surface area contributed by atoms with Crippen molar-refractivity contribution in [2.75, 3.05) is 13.2 Å². The van der Waals surface area contributed by atoms with Crippen LogP contribution in [0.3, 0.4) is 0 Å². The topological polar surface area (TPSA) is 58.6 Å². The van der Waals surface area contributed by atoms with Crippen LogP contribution in [-0.4, -0.2) is 35.3 Å². The second kappa shape index (κ2) is 12.3. The number of aryl methyl sites for hydroxylation is 1. The Kier molecular flexibility index (Phi) is 9.81. The number of benzene rings is 2. The average Bonchev–Trinajstić information content (AvgIpc) is 2.73. The van der Waals surface area contributed by atoms with Crippen molar-refractivity contribution in [1.82, 2.24) is 5.32 Å². The molecule has 156 valence electrons. The number of hydrogen-bond acceptors (Lipinski definition) is 3. The molecule has 29 heavy (non-hydrogen) atoms. The summed E-state index contributed by atoms with van der Waals surface area (Å²) in [5.74, 6) is -0.735. The Morgan fingerprint density at radius 3 is 2.31 bits per heavy atom. The van der Waals surface area contributed by atoms with Crippen LogP contribution in [0.15, 0.2) is 54.6 Å². The van der Waals surface area contributed by atoms with E-state index in [2.05, 4.69) is 48.6 Å². The maximum atomic E-state index is 11.3. The van der Waals surface area contributed by atoms with Gasteiger partial charge >= 0.3 is 5.97 Å². The summed E-state index contributed by atoms with van der Waals surface area (Å²) >= 11 is 5.68. The zero-order valence-corrected chi connectivity index (χ0v) is 18.1. The number of carboxylic acids is 1. The van der Waals surface area contributed by atoms with Gasteiger partial charge in [0.15, 0.2) is 6.10 Å². The summed E-state index contributed by atoms with van der Waals surface area (Å²) in [5, 5.41) is 12.6. The van der Waals surface area contributed by atoms with Crippen LogP contribution in [0.4, 0.5) is 0 Å². The lowest BCUT2D eigenvalue weighted by molar-refractivity contribution is -0.149. The molecule has 0 amide bonds. The quantitative estimate of drug-likeness (QED) is 0.491. The van der Waals surface area contributed by atoms with Crippen molar-refractivity contribution in [2.24, 2.45) is 0 Å². The van der Waals surface area contributed by atoms with Gasteiger partial charge in [-0.05, 0) is 42.9 Å². The minimum atomic E-state index is -0.922. The van der Waals surface area contributed by atoms with Gasteiger partial charge in [-0.2, -0.15) is 0 Å². The van der Waals surface area contributed by atoms with Crippen molar-refractivity contribution in [2.45, 2.75) is 51.6 Å². The largest absolute Gasteiger partial charge is 0.479 e. The zero-order chi connectivity index (χ0) is 21.1. The maximum Gasteiger partial charge on any atom is 0.333 e. The minimum Gasteiger partial charge on any atom is -0.479 e. The Morgan fingerprint density at radius 2 is 1.72 bits per heavy atom. The van der Waals surface area contributed by atoms with E-state index >= 15 is 0 Å². The van der Waals surface area contributed by atoms with Crippen LogP contribution < -0.4 is 5.32 Å². The number of thiocarbonyl (C=S) groups is 1. The first kappa shape index (κ1) is 23.0. The first-order chi connectivity index (χ1) is 14.0. The highest BCUT2D eigenvalue weighted by molar-refractivity contribution is 7.80. The summed E-state index contributed by atoms with van der Waals surface area (Å²) in [6, 6.07) is 18.5. The van der Waals surface area contributed by atoms with Gasteiger partial charge in [0.1, 0.15) is 0 Å². The predicted octanol–water partition coefficient (Wildman–Crippen LogP) is 4.76. The van der Waals surface area contributed by atoms with E-state index in [9.17, 15) is 9.90 Å². The molecule has 0 unspecified atom stereocenters. The Balaban J connectivity index is 2.01. The lowest BCUT2D eigenvalue weighted by atomic mass is 9.91. The molecule has 0 saturated carbocycles. The van der Waals surface area contributed by atoms with Crippen molar-refractivity contribution < 1.29 is 14.6 Å². The number of aliphatic carboxylic acids is 1. The molecule has 0 aliphatic carbocycles. The molecular formula is C24H31NO3S. The number of ether oxygens (including phenoxy) is 1. The Morgan fingerprint density at radius 1 is 1.07 bits per heavy atom. The maximum absolute atomic E-state index is 11.3. The molecule has 0 aromatic heterocycles. The molecule has 2 rings (SSSR count). The Hall–Kier alpha value is -2.24. The summed E-state index contributed by atoms with van der Waals surface area (Å²) in [6.07, 6.45) is 2.45. The van der Waals surface area contributed by atoms with Crippen molar-refractivity contribution in [3.05, 3.63) is 71.3 Å². The van der Waals surface area contributed by atoms with E-state index in [1.54, 1.807) is 0 Å². The third-order valence-corrected chi connectivity index (χ3v) is 5.31. The summed E-state index contributed by atoms with van der Waals surface area (Å²) < 4.78 is 5.30. The summed E-state index contributed by atoms with van der Waals surface area (Å²) in [6.45, 7) is 5.22. The molecule has 4 nitrogen and oxygen atoms in total. The fourth-order valence-corrected chi connectivity index (χ4v) is 3.65. The van der Waals surface area contributed by atoms with Gasteiger partial charge in [-0.25, -0.2) is 4.79 Å². The Bertz CT molecular complexity index is 761. The zero-order valence-electron chi connectivity index (χ0n) is 17.3. The average molecular weight is 414 g/mol. The molecule has 0 bridgehead atoms. The lowest BCUT2D eigenvalue weighted by Crippen LogP contribution is -2.28. The molecule has 2 aromatic rings. The minimum absolute atomic E-state index is 0.187. The molecule has 0 radical (unpaired) electrons. The normalized spacial score (nSPS) is 12.9. The number of carboxylic acid groups (broad SMARTS) is 1. The fraction of sp³-hybridized carbons (Fsp3) is 0.417. The van der Waals surface area contributed by atoms with Gasteiger partial charge in [0.05, 0.1) is 4.99 Å². The van der Waals surface area contributed by atoms with Gasteiger partial charge in [-0.15, -0.1) is 0 Å². The molecule has 2 atom stereocenters. The third kappa shape index (κ3) is 7.59. The first-order valence-corrected chi connectivity index (χ1v) is 10.7. The van der Waals surface area contributed by atoms with Gasteiger partial charge in [-0.1, -0.05) is 73.7 Å². The van der Waals surface area contributed by atoms with Crippen LogP contribution in [0.1, 0.15) is 49.3 Å². The van der Waals surface area contributed by atoms with Crippen LogP contribution in [0.25, 0.3) is 0 Å². The first-order valence-electron chi connectivity index (χ1n) is 10.3. The van der Waals surface area contributed by atoms with Gasteiger partial charge < -0.3 is 15.2 Å². The van der Waals surface area contributed by atoms with Crippen molar-refractivity contribution in [1.29, 1.82) is 0 Å². The van der Waals surface area contributed by atoms with Crippen molar-refractivity contribution in [3.63, 3.8) is 0 Å². The van der Waals surface area contributed by atoms with Gasteiger partial charge in [0.2, 0.25) is 0 Å². The molecule has 5 heteroatoms. The van der Waals surface area contributed by atoms with E-state index < -0.39 is 12.1 Å². The molecule has 0 saturated heterocycles. The fourth-order valence-electron chi connectivity index (χ4n) is 3.29. The van der Waals surface area contributed by atoms with Crippen molar-refractivity contribution >= 4 is 23.2 Å². The number of rotatable bonds is 12. The van der Waals surface area contributed by atoms with E-state index in [0.29, 0.717) is 13.0 Å². The smallest absolute Gasteiger partial charge is 0.333 e. The SMILES string of the molecule is CCCNC(=S)[C@@H](CCc1ccc(C[C@H](OCC)C(=O)O)cc1)c1ccccc1. The highest BCUT2D eigenvalue weighted by Crippen LogP contribution is 2.23. The number of carbonyl (C=O) groups is 1. The van der Waals surface area contributed by atoms with Gasteiger partial charge in [0.25, 0.3) is 0 Å². The molecular weight excluding hydrogens is 382 g/mol. The van der Waals surface area contributed by atoms with Crippen LogP contribution in [0.5, 0.6) is 0 Å². The molecule has 0 aliphatic heterocycles. The standard InChI is InChI=1S/C24H31NO3S/c1-3-16-25-23(29)21(20-8-6-5-7-9-20)15-14-18-10-12-19(13-11-18)17-22(24(26)27)28-4-2/h5-13,21-22H,3-4,14-17H2,1-2H3,(H,25,29)(H,26,27)/t21-,22-/m0/s1. The number of nitrogens with one attached hydrogen (secondary N) is 1. The molecule has 0 heterocycles. The van der Waals surface area contributed by atoms with Crippen LogP contribution in [0, 0.1) is 0 Å². The van der Waals surface area contributed by atoms with Crippen LogP contribution >= 0.6 is 12.2 Å². The molecule has 0 fully saturated rings. The Labute approximate surface area is 179 Å². The van der Waals surface area contributed by atoms with E-state index in [-0.39, 0.29) is 5.92 Å². The summed E-state index contributed by atoms with van der Waals surface area (Å²) in [5.41, 5.74) is 3.42. The molecule has 2 aromatic carbocycles. The summed E-state index contributed by atoms with van der Waals surface area (Å²) in [4.78, 5) is 12.2. The molecule has 2 N–H and O–H groups in total. The third-order valence-electron chi connectivity index (χ3n) is 4.88. The summed E-state index contributed by atoms with van der Waals surface area (Å²) in [7, 11) is 0. The van der Waals surface area contributed by atoms with Gasteiger partial charge in [-0.3, -0.25) is 0 Å². The van der Waals surface area contributed by atoms with E-state index in [4.69, 9.17) is 17.0 Å². The monoisotopic (exact) mass is 413 g/mol. The molecule has 0 aliphatic rings. The van der Waals surface area contributed by atoms with Crippen LogP contribution in [0.2, 0.25) is 0 Å². The van der Waals surface area contributed by atoms with Crippen LogP contribution in [-0.2, 0) is 22.4 Å². The highest BCUT2D eigenvalue weighted by atomic mass is 32.1. The van der Waals surface area contributed by atoms with E-state index in [1.807, 2.05) is 25.1 Å². The van der Waals surface area contributed by atoms with Gasteiger partial charge in [0, 0.05) is 25.5 Å². The molecule has 0 spiro atoms. The van der Waals surface area contributed by atoms with E-state index in [1.165, 1.54) is 11.1 Å². The second-order valence-electron chi connectivity index (χ2n) is 7.10. The highest BCUT2D eigenvalue weighted by Gasteiger charge is 2.19. The number of hydrogen-bond donors (Lipinski definition) is 2.